The van der Waals surface area contributed by atoms with E-state index in [1.54, 1.807) is 7.05 Å². The molecule has 4 heteroatoms. The fourth-order valence-electron chi connectivity index (χ4n) is 1.95. The van der Waals surface area contributed by atoms with E-state index >= 15 is 0 Å². The van der Waals surface area contributed by atoms with Crippen molar-refractivity contribution in [1.82, 2.24) is 4.57 Å². The van der Waals surface area contributed by atoms with Crippen LogP contribution in [-0.4, -0.2) is 10.4 Å². The average Bonchev–Trinajstić information content (AvgIpc) is 2.24. The summed E-state index contributed by atoms with van der Waals surface area (Å²) in [6.45, 7) is 0. The van der Waals surface area contributed by atoms with Crippen molar-refractivity contribution in [3.63, 3.8) is 0 Å². The number of carbonyl (C=O) groups excluding carboxylic acids is 1. The van der Waals surface area contributed by atoms with Gasteiger partial charge in [0.2, 0.25) is 0 Å². The van der Waals surface area contributed by atoms with Crippen LogP contribution in [0.15, 0.2) is 10.9 Å². The molecule has 1 aromatic rings. The number of fused-ring (bicyclic) bond motifs is 1. The lowest BCUT2D eigenvalue weighted by Crippen LogP contribution is -2.28. The average molecular weight is 202 g/mol. The highest BCUT2D eigenvalue weighted by Crippen LogP contribution is 2.19. The summed E-state index contributed by atoms with van der Waals surface area (Å²) < 4.78 is 1.42. The van der Waals surface area contributed by atoms with Crippen molar-refractivity contribution < 1.29 is 4.79 Å². The molecule has 0 atom stereocenters. The SMILES string of the molecule is Cn1c2c(cc(C#N)c1=O)C(=O)CCC2. The van der Waals surface area contributed by atoms with E-state index < -0.39 is 0 Å². The molecule has 0 radical (unpaired) electrons. The molecular weight excluding hydrogens is 192 g/mol. The van der Waals surface area contributed by atoms with E-state index in [9.17, 15) is 9.59 Å². The molecule has 0 unspecified atom stereocenters. The molecule has 0 saturated carbocycles. The molecule has 0 aliphatic heterocycles. The molecule has 0 saturated heterocycles. The Morgan fingerprint density at radius 1 is 1.40 bits per heavy atom. The lowest BCUT2D eigenvalue weighted by Gasteiger charge is -2.17. The highest BCUT2D eigenvalue weighted by atomic mass is 16.1. The summed E-state index contributed by atoms with van der Waals surface area (Å²) >= 11 is 0. The second-order valence-corrected chi connectivity index (χ2v) is 3.67. The molecule has 0 fully saturated rings. The zero-order valence-electron chi connectivity index (χ0n) is 8.41. The number of hydrogen-bond acceptors (Lipinski definition) is 3. The van der Waals surface area contributed by atoms with Gasteiger partial charge in [0.1, 0.15) is 11.6 Å². The monoisotopic (exact) mass is 202 g/mol. The minimum absolute atomic E-state index is 0.0309. The summed E-state index contributed by atoms with van der Waals surface area (Å²) in [4.78, 5) is 23.2. The molecule has 0 aromatic carbocycles. The molecular formula is C11H10N2O2. The van der Waals surface area contributed by atoms with Gasteiger partial charge in [-0.2, -0.15) is 5.26 Å². The maximum Gasteiger partial charge on any atom is 0.268 e. The Labute approximate surface area is 86.8 Å². The molecule has 76 valence electrons. The van der Waals surface area contributed by atoms with Crippen LogP contribution in [0.4, 0.5) is 0 Å². The number of aromatic nitrogens is 1. The second-order valence-electron chi connectivity index (χ2n) is 3.67. The van der Waals surface area contributed by atoms with Crippen LogP contribution in [0, 0.1) is 11.3 Å². The van der Waals surface area contributed by atoms with Crippen molar-refractivity contribution in [2.45, 2.75) is 19.3 Å². The van der Waals surface area contributed by atoms with Crippen LogP contribution in [0.2, 0.25) is 0 Å². The van der Waals surface area contributed by atoms with Crippen LogP contribution in [-0.2, 0) is 13.5 Å². The summed E-state index contributed by atoms with van der Waals surface area (Å²) in [7, 11) is 1.61. The van der Waals surface area contributed by atoms with Crippen molar-refractivity contribution in [1.29, 1.82) is 5.26 Å². The van der Waals surface area contributed by atoms with E-state index in [1.807, 2.05) is 6.07 Å². The zero-order valence-corrected chi connectivity index (χ0v) is 8.41. The Kier molecular flexibility index (Phi) is 2.16. The van der Waals surface area contributed by atoms with Crippen LogP contribution in [0.1, 0.15) is 34.5 Å². The normalized spacial score (nSPS) is 14.5. The molecule has 2 rings (SSSR count). The molecule has 1 aromatic heterocycles. The van der Waals surface area contributed by atoms with Crippen LogP contribution in [0.5, 0.6) is 0 Å². The van der Waals surface area contributed by atoms with Gasteiger partial charge >= 0.3 is 0 Å². The molecule has 1 aliphatic rings. The Bertz CT molecular complexity index is 535. The van der Waals surface area contributed by atoms with Crippen LogP contribution < -0.4 is 5.56 Å². The fourth-order valence-corrected chi connectivity index (χ4v) is 1.95. The van der Waals surface area contributed by atoms with E-state index in [-0.39, 0.29) is 16.9 Å². The molecule has 0 bridgehead atoms. The quantitative estimate of drug-likeness (QED) is 0.624. The predicted octanol–water partition coefficient (Wildman–Crippen LogP) is 0.776. The molecule has 0 amide bonds. The lowest BCUT2D eigenvalue weighted by molar-refractivity contribution is 0.0970. The molecule has 0 N–H and O–H groups in total. The number of ketones is 1. The molecule has 1 aliphatic carbocycles. The van der Waals surface area contributed by atoms with Gasteiger partial charge in [-0.05, 0) is 18.9 Å². The third kappa shape index (κ3) is 1.37. The number of Topliss-reactive ketones (excluding diaryl/α,β-unsaturated/α-hetero) is 1. The summed E-state index contributed by atoms with van der Waals surface area (Å²) in [6, 6.07) is 3.25. The van der Waals surface area contributed by atoms with Gasteiger partial charge in [-0.3, -0.25) is 9.59 Å². The lowest BCUT2D eigenvalue weighted by atomic mass is 9.93. The van der Waals surface area contributed by atoms with Crippen LogP contribution in [0.25, 0.3) is 0 Å². The van der Waals surface area contributed by atoms with Crippen LogP contribution in [0.3, 0.4) is 0 Å². The number of hydrogen-bond donors (Lipinski definition) is 0. The largest absolute Gasteiger partial charge is 0.314 e. The summed E-state index contributed by atoms with van der Waals surface area (Å²) in [5, 5.41) is 8.76. The highest BCUT2D eigenvalue weighted by Gasteiger charge is 2.21. The zero-order chi connectivity index (χ0) is 11.0. The van der Waals surface area contributed by atoms with E-state index in [2.05, 4.69) is 0 Å². The van der Waals surface area contributed by atoms with Gasteiger partial charge in [-0.1, -0.05) is 0 Å². The smallest absolute Gasteiger partial charge is 0.268 e. The number of pyridine rings is 1. The van der Waals surface area contributed by atoms with Gasteiger partial charge < -0.3 is 4.57 Å². The minimum Gasteiger partial charge on any atom is -0.314 e. The van der Waals surface area contributed by atoms with Crippen molar-refractivity contribution in [3.05, 3.63) is 33.2 Å². The molecule has 0 spiro atoms. The Morgan fingerprint density at radius 2 is 2.13 bits per heavy atom. The van der Waals surface area contributed by atoms with Gasteiger partial charge in [0.15, 0.2) is 5.78 Å². The first-order valence-corrected chi connectivity index (χ1v) is 4.81. The first kappa shape index (κ1) is 9.66. The van der Waals surface area contributed by atoms with Crippen molar-refractivity contribution in [3.8, 4) is 6.07 Å². The predicted molar refractivity (Wildman–Crippen MR) is 53.7 cm³/mol. The minimum atomic E-state index is -0.314. The Balaban J connectivity index is 2.79. The van der Waals surface area contributed by atoms with Gasteiger partial charge in [0.25, 0.3) is 5.56 Å². The number of nitriles is 1. The van der Waals surface area contributed by atoms with Gasteiger partial charge in [0.05, 0.1) is 0 Å². The maximum atomic E-state index is 11.6. The first-order chi connectivity index (χ1) is 7.15. The summed E-state index contributed by atoms with van der Waals surface area (Å²) in [5.41, 5.74) is 1.03. The number of carbonyl (C=O) groups is 1. The van der Waals surface area contributed by atoms with Crippen LogP contribution >= 0.6 is 0 Å². The number of rotatable bonds is 0. The molecule has 15 heavy (non-hydrogen) atoms. The number of nitrogens with zero attached hydrogens (tertiary/aromatic N) is 2. The van der Waals surface area contributed by atoms with Crippen molar-refractivity contribution in [2.75, 3.05) is 0 Å². The van der Waals surface area contributed by atoms with E-state index in [4.69, 9.17) is 5.26 Å². The highest BCUT2D eigenvalue weighted by molar-refractivity contribution is 5.98. The van der Waals surface area contributed by atoms with Crippen molar-refractivity contribution >= 4 is 5.78 Å². The topological polar surface area (TPSA) is 62.9 Å². The van der Waals surface area contributed by atoms with Gasteiger partial charge in [0, 0.05) is 24.7 Å². The molecule has 4 nitrogen and oxygen atoms in total. The van der Waals surface area contributed by atoms with Gasteiger partial charge in [-0.15, -0.1) is 0 Å². The Morgan fingerprint density at radius 3 is 2.80 bits per heavy atom. The van der Waals surface area contributed by atoms with Crippen molar-refractivity contribution in [2.24, 2.45) is 7.05 Å². The molecule has 1 heterocycles. The Hall–Kier alpha value is -1.89. The maximum absolute atomic E-state index is 11.6. The van der Waals surface area contributed by atoms with E-state index in [1.165, 1.54) is 10.6 Å². The first-order valence-electron chi connectivity index (χ1n) is 4.81. The second kappa shape index (κ2) is 3.35. The third-order valence-corrected chi connectivity index (χ3v) is 2.78. The summed E-state index contributed by atoms with van der Waals surface area (Å²) in [6.07, 6.45) is 2.03. The van der Waals surface area contributed by atoms with Gasteiger partial charge in [-0.25, -0.2) is 0 Å². The summed E-state index contributed by atoms with van der Waals surface area (Å²) in [5.74, 6) is 0.0309. The van der Waals surface area contributed by atoms with E-state index in [0.717, 1.165) is 18.5 Å². The van der Waals surface area contributed by atoms with E-state index in [0.29, 0.717) is 12.0 Å². The standard InChI is InChI=1S/C11H10N2O2/c1-13-9-3-2-4-10(14)8(9)5-7(6-12)11(13)15/h5H,2-4H2,1H3. The third-order valence-electron chi connectivity index (χ3n) is 2.78. The fraction of sp³-hybridized carbons (Fsp3) is 0.364.